The summed E-state index contributed by atoms with van der Waals surface area (Å²) in [5, 5.41) is 12.1. The van der Waals surface area contributed by atoms with Crippen LogP contribution in [0.4, 0.5) is 17.6 Å². The quantitative estimate of drug-likeness (QED) is 0.144. The van der Waals surface area contributed by atoms with Gasteiger partial charge in [-0.1, -0.05) is 36.2 Å². The zero-order chi connectivity index (χ0) is 44.5. The van der Waals surface area contributed by atoms with Gasteiger partial charge in [0.1, 0.15) is 17.4 Å². The molecular weight excluding hydrogens is 878 g/mol. The summed E-state index contributed by atoms with van der Waals surface area (Å²) in [4.78, 5) is 54.1. The minimum Gasteiger partial charge on any atom is -0.373 e. The van der Waals surface area contributed by atoms with Crippen molar-refractivity contribution in [3.05, 3.63) is 79.9 Å². The molecular formula is C48H53Cl2N13O3. The summed E-state index contributed by atoms with van der Waals surface area (Å²) in [5.41, 5.74) is 4.28. The molecule has 0 amide bonds. The van der Waals surface area contributed by atoms with E-state index >= 15 is 4.79 Å². The number of rotatable bonds is 9. The molecule has 342 valence electrons. The summed E-state index contributed by atoms with van der Waals surface area (Å²) in [5.74, 6) is 3.23. The molecule has 6 atom stereocenters. The van der Waals surface area contributed by atoms with E-state index in [1.807, 2.05) is 28.5 Å². The van der Waals surface area contributed by atoms with E-state index in [0.717, 1.165) is 75.4 Å². The second kappa shape index (κ2) is 13.8. The van der Waals surface area contributed by atoms with Crippen LogP contribution in [0.1, 0.15) is 96.8 Å². The average Bonchev–Trinajstić information content (AvgIpc) is 4.03. The van der Waals surface area contributed by atoms with Crippen molar-refractivity contribution in [1.82, 2.24) is 52.8 Å². The Labute approximate surface area is 389 Å². The fraction of sp³-hybridized carbons (Fsp3) is 0.583. The van der Waals surface area contributed by atoms with Gasteiger partial charge in [0.2, 0.25) is 11.9 Å². The molecule has 16 rings (SSSR count). The third-order valence-electron chi connectivity index (χ3n) is 17.8. The predicted molar refractivity (Wildman–Crippen MR) is 250 cm³/mol. The van der Waals surface area contributed by atoms with Gasteiger partial charge in [0, 0.05) is 32.2 Å². The van der Waals surface area contributed by atoms with Crippen molar-refractivity contribution >= 4 is 68.8 Å². The van der Waals surface area contributed by atoms with Gasteiger partial charge < -0.3 is 15.4 Å². The summed E-state index contributed by atoms with van der Waals surface area (Å²) in [6, 6.07) is 1.76. The number of pyridine rings is 1. The lowest BCUT2D eigenvalue weighted by molar-refractivity contribution is -0.106. The number of hydrogen-bond donors (Lipinski definition) is 2. The normalized spacial score (nSPS) is 35.0. The lowest BCUT2D eigenvalue weighted by Crippen LogP contribution is -2.59. The van der Waals surface area contributed by atoms with Crippen molar-refractivity contribution < 1.29 is 4.74 Å². The Morgan fingerprint density at radius 1 is 0.803 bits per heavy atom. The van der Waals surface area contributed by atoms with Crippen molar-refractivity contribution in [2.45, 2.75) is 121 Å². The molecule has 9 fully saturated rings. The van der Waals surface area contributed by atoms with E-state index < -0.39 is 5.54 Å². The highest BCUT2D eigenvalue weighted by molar-refractivity contribution is 6.33. The number of anilines is 3. The number of aryl methyl sites for hydroxylation is 2. The molecule has 0 radical (unpaired) electrons. The van der Waals surface area contributed by atoms with Crippen LogP contribution >= 0.6 is 23.2 Å². The van der Waals surface area contributed by atoms with Crippen molar-refractivity contribution in [3.63, 3.8) is 0 Å². The number of hydrogen-bond acceptors (Lipinski definition) is 11. The molecule has 7 heterocycles. The highest BCUT2D eigenvalue weighted by Gasteiger charge is 2.60. The second-order valence-corrected chi connectivity index (χ2v) is 23.2. The van der Waals surface area contributed by atoms with E-state index in [-0.39, 0.29) is 39.8 Å². The summed E-state index contributed by atoms with van der Waals surface area (Å²) in [7, 11) is 1.83. The summed E-state index contributed by atoms with van der Waals surface area (Å²) >= 11 is 13.5. The third kappa shape index (κ3) is 5.91. The molecule has 8 bridgehead atoms. The summed E-state index contributed by atoms with van der Waals surface area (Å²) < 4.78 is 15.4. The Bertz CT molecular complexity index is 3220. The van der Waals surface area contributed by atoms with E-state index in [1.165, 1.54) is 32.0 Å². The molecule has 16 nitrogen and oxygen atoms in total. The van der Waals surface area contributed by atoms with Crippen LogP contribution in [-0.2, 0) is 29.4 Å². The van der Waals surface area contributed by atoms with Gasteiger partial charge >= 0.3 is 11.4 Å². The fourth-order valence-corrected chi connectivity index (χ4v) is 16.8. The second-order valence-electron chi connectivity index (χ2n) is 22.4. The van der Waals surface area contributed by atoms with Crippen LogP contribution < -0.4 is 22.0 Å². The number of nitrogens with zero attached hydrogens (tertiary/aromatic N) is 11. The molecule has 1 saturated heterocycles. The minimum atomic E-state index is -0.393. The zero-order valence-corrected chi connectivity index (χ0v) is 38.7. The maximum Gasteiger partial charge on any atom is 0.330 e. The van der Waals surface area contributed by atoms with Crippen LogP contribution in [0.2, 0.25) is 5.02 Å². The minimum absolute atomic E-state index is 0.00581. The molecule has 1 aliphatic heterocycles. The predicted octanol–water partition coefficient (Wildman–Crippen LogP) is 8.01. The first-order valence-electron chi connectivity index (χ1n) is 24.0. The molecule has 9 aliphatic carbocycles. The number of halogens is 2. The van der Waals surface area contributed by atoms with Crippen LogP contribution in [0, 0.1) is 40.4 Å². The van der Waals surface area contributed by atoms with Crippen LogP contribution in [0.3, 0.4) is 0 Å². The first-order chi connectivity index (χ1) is 31.8. The number of imidazole rings is 2. The van der Waals surface area contributed by atoms with E-state index in [4.69, 9.17) is 42.9 Å². The van der Waals surface area contributed by atoms with E-state index in [0.29, 0.717) is 86.9 Å². The molecule has 6 aromatic heterocycles. The molecule has 0 spiro atoms. The Hall–Kier alpha value is -5.06. The summed E-state index contributed by atoms with van der Waals surface area (Å²) in [6.07, 6.45) is 25.6. The fourth-order valence-electron chi connectivity index (χ4n) is 16.3. The van der Waals surface area contributed by atoms with Crippen molar-refractivity contribution in [1.29, 1.82) is 0 Å². The van der Waals surface area contributed by atoms with E-state index in [2.05, 4.69) is 43.3 Å². The van der Waals surface area contributed by atoms with Gasteiger partial charge in [0.05, 0.1) is 57.2 Å². The standard InChI is InChI=1S/C48H53Cl2N13O3/c1-45-12-26-7-27(13-45)17-47(16-26,23-45)63-40-36(21-52-42(58-40)56-34-22-61-38(11-32(34)50)53-25-54-61)60(44(63)65)5-4-46-14-28-8-29(15-46)19-48(18-28,24-46)62-39-35(59(2)43(62)64)20-51-41(57-39)55-33-9-30-3-6-66-37(30)10-31(33)49/h9-11,20-22,25-30,37H,3-8,12-19,23-24H2,1-2H3,(H,51,55,57)(H,52,56,58). The number of aromatic nitrogens is 11. The first kappa shape index (κ1) is 40.0. The van der Waals surface area contributed by atoms with Gasteiger partial charge in [0.25, 0.3) is 0 Å². The topological polar surface area (TPSA) is 169 Å². The average molecular weight is 931 g/mol. The number of allylic oxidation sites excluding steroid dienone is 1. The van der Waals surface area contributed by atoms with Crippen molar-refractivity contribution in [2.75, 3.05) is 17.2 Å². The van der Waals surface area contributed by atoms with Gasteiger partial charge in [-0.3, -0.25) is 18.3 Å². The maximum atomic E-state index is 15.4. The molecule has 18 heteroatoms. The summed E-state index contributed by atoms with van der Waals surface area (Å²) in [6.45, 7) is 3.71. The SMILES string of the molecule is Cn1c(=O)n(C23CC4CC(CC(CCn5c(=O)n(C67CC8CC(CC(C)(C8)C6)C7)c6nc(Nc7cn8ncnc8cc7Cl)ncc65)(C4)C2)C3)c2nc(NC3=CC4CCOC4C=C3Cl)ncc21. The molecule has 0 aromatic carbocycles. The molecule has 6 unspecified atom stereocenters. The molecule has 6 aromatic rings. The Morgan fingerprint density at radius 3 is 2.21 bits per heavy atom. The van der Waals surface area contributed by atoms with Gasteiger partial charge in [-0.15, -0.1) is 0 Å². The molecule has 66 heavy (non-hydrogen) atoms. The van der Waals surface area contributed by atoms with Gasteiger partial charge in [-0.05, 0) is 130 Å². The van der Waals surface area contributed by atoms with E-state index in [9.17, 15) is 4.79 Å². The maximum absolute atomic E-state index is 15.4. The number of nitrogens with one attached hydrogen (secondary N) is 2. The van der Waals surface area contributed by atoms with E-state index in [1.54, 1.807) is 27.5 Å². The van der Waals surface area contributed by atoms with Crippen LogP contribution in [0.5, 0.6) is 0 Å². The zero-order valence-electron chi connectivity index (χ0n) is 37.2. The smallest absolute Gasteiger partial charge is 0.330 e. The van der Waals surface area contributed by atoms with Crippen molar-refractivity contribution in [2.24, 2.45) is 47.5 Å². The first-order valence-corrected chi connectivity index (χ1v) is 24.8. The Balaban J connectivity index is 0.822. The van der Waals surface area contributed by atoms with Crippen molar-refractivity contribution in [3.8, 4) is 0 Å². The van der Waals surface area contributed by atoms with Gasteiger partial charge in [0.15, 0.2) is 16.9 Å². The monoisotopic (exact) mass is 929 g/mol. The van der Waals surface area contributed by atoms with Crippen LogP contribution in [-0.4, -0.2) is 65.5 Å². The lowest BCUT2D eigenvalue weighted by atomic mass is 9.46. The number of ether oxygens (including phenoxy) is 1. The molecule has 2 N–H and O–H groups in total. The lowest BCUT2D eigenvalue weighted by Gasteiger charge is -2.62. The Morgan fingerprint density at radius 2 is 1.47 bits per heavy atom. The van der Waals surface area contributed by atoms with Crippen LogP contribution in [0.15, 0.2) is 63.5 Å². The largest absolute Gasteiger partial charge is 0.373 e. The Kier molecular flexibility index (Phi) is 8.36. The highest BCUT2D eigenvalue weighted by Crippen LogP contribution is 2.66. The number of fused-ring (bicyclic) bond motifs is 4. The highest BCUT2D eigenvalue weighted by atomic mass is 35.5. The molecule has 8 saturated carbocycles. The third-order valence-corrected chi connectivity index (χ3v) is 18.4. The van der Waals surface area contributed by atoms with Gasteiger partial charge in [-0.2, -0.15) is 15.1 Å². The molecule has 10 aliphatic rings. The van der Waals surface area contributed by atoms with Crippen LogP contribution in [0.25, 0.3) is 28.0 Å². The van der Waals surface area contributed by atoms with Gasteiger partial charge in [-0.25, -0.2) is 29.1 Å².